The molecular formula is C60H70F2N8O7S. The van der Waals surface area contributed by atoms with Crippen LogP contribution < -0.4 is 15.5 Å². The van der Waals surface area contributed by atoms with Gasteiger partial charge in [-0.2, -0.15) is 5.10 Å². The number of ether oxygens (including phenoxy) is 1. The van der Waals surface area contributed by atoms with Gasteiger partial charge in [0.2, 0.25) is 11.8 Å². The van der Waals surface area contributed by atoms with Crippen molar-refractivity contribution in [1.29, 1.82) is 0 Å². The molecule has 2 aromatic heterocycles. The van der Waals surface area contributed by atoms with E-state index in [2.05, 4.69) is 30.7 Å². The zero-order valence-electron chi connectivity index (χ0n) is 44.9. The molecule has 78 heavy (non-hydrogen) atoms. The molecule has 3 amide bonds. The smallest absolute Gasteiger partial charge is 0.258 e. The van der Waals surface area contributed by atoms with E-state index in [-0.39, 0.29) is 74.0 Å². The Morgan fingerprint density at radius 2 is 1.58 bits per heavy atom. The Balaban J connectivity index is 0.750. The number of unbranched alkanes of at least 4 members (excludes halogenated alkanes) is 1. The van der Waals surface area contributed by atoms with Crippen LogP contribution in [-0.2, 0) is 36.8 Å². The van der Waals surface area contributed by atoms with Crippen LogP contribution in [0, 0.1) is 29.9 Å². The highest BCUT2D eigenvalue weighted by Crippen LogP contribution is 2.36. The fraction of sp³-hybridized carbons (Fsp3) is 0.450. The maximum atomic E-state index is 14.3. The van der Waals surface area contributed by atoms with E-state index in [1.165, 1.54) is 17.0 Å². The average Bonchev–Trinajstić information content (AvgIpc) is 4.23. The van der Waals surface area contributed by atoms with Crippen molar-refractivity contribution in [3.05, 3.63) is 124 Å². The lowest BCUT2D eigenvalue weighted by Crippen LogP contribution is -2.48. The summed E-state index contributed by atoms with van der Waals surface area (Å²) in [4.78, 5) is 80.1. The van der Waals surface area contributed by atoms with E-state index in [0.717, 1.165) is 51.9 Å². The molecular weight excluding hydrogens is 1010 g/mol. The number of aliphatic hydroxyl groups is 1. The molecule has 0 aliphatic carbocycles. The van der Waals surface area contributed by atoms with Crippen LogP contribution in [0.25, 0.3) is 21.3 Å². The predicted octanol–water partition coefficient (Wildman–Crippen LogP) is 9.70. The number of halogens is 2. The number of aliphatic hydroxyl groups excluding tert-OH is 1. The third-order valence-corrected chi connectivity index (χ3v) is 16.4. The number of aryl methyl sites for hydroxylation is 2. The monoisotopic (exact) mass is 1080 g/mol. The summed E-state index contributed by atoms with van der Waals surface area (Å²) < 4.78 is 33.5. The molecule has 18 heteroatoms. The van der Waals surface area contributed by atoms with Crippen LogP contribution in [0.5, 0.6) is 0 Å². The van der Waals surface area contributed by atoms with Gasteiger partial charge in [-0.15, -0.1) is 11.3 Å². The number of β-amino-alcohol motifs (C(OH)–C–C–N with tert-alkyl or cyclic N) is 1. The van der Waals surface area contributed by atoms with Crippen molar-refractivity contribution in [3.63, 3.8) is 0 Å². The normalized spacial score (nSPS) is 17.6. The Morgan fingerprint density at radius 1 is 0.859 bits per heavy atom. The number of thiazole rings is 1. The Hall–Kier alpha value is -6.89. The van der Waals surface area contributed by atoms with Crippen molar-refractivity contribution < 1.29 is 42.6 Å². The molecule has 15 nitrogen and oxygen atoms in total. The fourth-order valence-electron chi connectivity index (χ4n) is 11.0. The fourth-order valence-corrected chi connectivity index (χ4v) is 11.8. The van der Waals surface area contributed by atoms with Gasteiger partial charge in [-0.05, 0) is 116 Å². The summed E-state index contributed by atoms with van der Waals surface area (Å²) in [7, 11) is 0. The summed E-state index contributed by atoms with van der Waals surface area (Å²) in [6, 6.07) is 22.1. The van der Waals surface area contributed by atoms with Crippen molar-refractivity contribution in [1.82, 2.24) is 25.0 Å². The number of carbonyl (C=O) groups is 5. The van der Waals surface area contributed by atoms with E-state index in [1.807, 2.05) is 92.7 Å². The molecule has 3 atom stereocenters. The summed E-state index contributed by atoms with van der Waals surface area (Å²) in [5, 5.41) is 25.3. The zero-order chi connectivity index (χ0) is 55.1. The first-order valence-electron chi connectivity index (χ1n) is 27.2. The number of nitrogens with one attached hydrogen (secondary N) is 3. The Kier molecular flexibility index (Phi) is 17.8. The zero-order valence-corrected chi connectivity index (χ0v) is 45.7. The maximum absolute atomic E-state index is 14.3. The molecule has 3 aliphatic rings. The van der Waals surface area contributed by atoms with E-state index in [4.69, 9.17) is 4.74 Å². The van der Waals surface area contributed by atoms with E-state index < -0.39 is 35.1 Å². The summed E-state index contributed by atoms with van der Waals surface area (Å²) >= 11 is 1.59. The minimum atomic E-state index is -0.822. The standard InChI is InChI=1S/C60H70F2N8O7S/c1-37-56(78-36-63-37)41-13-9-38(10-14-41)12-18-54(73)53-34-47(72)35-70(53)59(76)50(60(2,3)4)33-46(71)7-5-6-8-55(74)69-23-21-68(22-24-69)45-15-16-48(52(32-45)64-44-19-25-77-26-20-44)58(75)65-57-49-30-39(11-17-51(49)66-67-57)27-40-28-42(61)31-43(62)29-40/h9-11,13-17,28-32,36,44,47,50,53,64,72H,5-8,12,18-27,33-35H2,1-4H3,(H2,65,66,67,75)/t47-,50-,53+/m1/s1. The maximum Gasteiger partial charge on any atom is 0.258 e. The highest BCUT2D eigenvalue weighted by molar-refractivity contribution is 7.13. The van der Waals surface area contributed by atoms with Gasteiger partial charge >= 0.3 is 0 Å². The van der Waals surface area contributed by atoms with Crippen molar-refractivity contribution in [2.75, 3.05) is 61.5 Å². The number of nitrogens with zero attached hydrogens (tertiary/aromatic N) is 5. The molecule has 5 heterocycles. The van der Waals surface area contributed by atoms with Crippen LogP contribution in [0.2, 0.25) is 0 Å². The van der Waals surface area contributed by atoms with Crippen molar-refractivity contribution >= 4 is 68.7 Å². The topological polar surface area (TPSA) is 190 Å². The molecule has 3 aliphatic heterocycles. The Morgan fingerprint density at radius 3 is 2.28 bits per heavy atom. The SMILES string of the molecule is Cc1ncsc1-c1ccc(CCC(=O)[C@@H]2C[C@@H](O)CN2C(=O)[C@@H](CC(=O)CCCCC(=O)N2CCN(c3ccc(C(=O)Nc4n[nH]c5ccc(Cc6cc(F)cc(F)c6)cc45)c(NC4CCOCC4)c3)CC2)C(C)(C)C)cc1. The number of rotatable bonds is 20. The highest BCUT2D eigenvalue weighted by atomic mass is 32.1. The number of Topliss-reactive ketones (excluding diaryl/α,β-unsaturated/α-hetero) is 2. The van der Waals surface area contributed by atoms with Gasteiger partial charge in [-0.25, -0.2) is 13.8 Å². The molecule has 4 aromatic carbocycles. The molecule has 6 aromatic rings. The molecule has 3 saturated heterocycles. The number of aromatic amines is 1. The third-order valence-electron chi connectivity index (χ3n) is 15.4. The van der Waals surface area contributed by atoms with Gasteiger partial charge in [0.05, 0.1) is 39.3 Å². The van der Waals surface area contributed by atoms with Crippen LogP contribution in [0.15, 0.2) is 84.4 Å². The number of fused-ring (bicyclic) bond motifs is 1. The second-order valence-corrected chi connectivity index (χ2v) is 23.0. The van der Waals surface area contributed by atoms with Crippen molar-refractivity contribution in [2.24, 2.45) is 11.3 Å². The number of benzene rings is 4. The molecule has 0 spiro atoms. The Bertz CT molecular complexity index is 3100. The number of H-pyrrole nitrogens is 1. The number of anilines is 3. The lowest BCUT2D eigenvalue weighted by molar-refractivity contribution is -0.145. The molecule has 4 N–H and O–H groups in total. The largest absolute Gasteiger partial charge is 0.391 e. The first kappa shape index (κ1) is 55.9. The quantitative estimate of drug-likeness (QED) is 0.0533. The molecule has 0 unspecified atom stereocenters. The summed E-state index contributed by atoms with van der Waals surface area (Å²) in [6.07, 6.45) is 3.50. The van der Waals surface area contributed by atoms with Gasteiger partial charge in [0.15, 0.2) is 11.6 Å². The summed E-state index contributed by atoms with van der Waals surface area (Å²) in [5.41, 5.74) is 8.27. The molecule has 0 radical (unpaired) electrons. The lowest BCUT2D eigenvalue weighted by Gasteiger charge is -2.36. The van der Waals surface area contributed by atoms with Gasteiger partial charge < -0.3 is 35.2 Å². The number of likely N-dealkylation sites (tertiary alicyclic amines) is 1. The van der Waals surface area contributed by atoms with Crippen LogP contribution in [0.3, 0.4) is 0 Å². The van der Waals surface area contributed by atoms with Crippen LogP contribution >= 0.6 is 11.3 Å². The van der Waals surface area contributed by atoms with Crippen molar-refractivity contribution in [3.8, 4) is 10.4 Å². The number of piperazine rings is 1. The van der Waals surface area contributed by atoms with E-state index in [9.17, 15) is 37.9 Å². The van der Waals surface area contributed by atoms with E-state index >= 15 is 0 Å². The van der Waals surface area contributed by atoms with E-state index in [1.54, 1.807) is 17.4 Å². The number of aromatic nitrogens is 3. The van der Waals surface area contributed by atoms with Crippen LogP contribution in [-0.4, -0.2) is 124 Å². The second-order valence-electron chi connectivity index (χ2n) is 22.2. The van der Waals surface area contributed by atoms with Gasteiger partial charge in [-0.1, -0.05) is 51.1 Å². The predicted molar refractivity (Wildman–Crippen MR) is 299 cm³/mol. The lowest BCUT2D eigenvalue weighted by atomic mass is 9.76. The number of hydrogen-bond donors (Lipinski definition) is 4. The summed E-state index contributed by atoms with van der Waals surface area (Å²) in [5.74, 6) is -2.44. The van der Waals surface area contributed by atoms with Gasteiger partial charge in [-0.3, -0.25) is 29.1 Å². The average molecular weight is 1090 g/mol. The minimum absolute atomic E-state index is 0.0165. The molecule has 9 rings (SSSR count). The van der Waals surface area contributed by atoms with Gasteiger partial charge in [0, 0.05) is 113 Å². The first-order valence-corrected chi connectivity index (χ1v) is 28.1. The molecule has 3 fully saturated rings. The Labute approximate surface area is 458 Å². The van der Waals surface area contributed by atoms with Gasteiger partial charge in [0.1, 0.15) is 17.4 Å². The molecule has 0 saturated carbocycles. The molecule has 0 bridgehead atoms. The van der Waals surface area contributed by atoms with Crippen LogP contribution in [0.1, 0.15) is 111 Å². The van der Waals surface area contributed by atoms with E-state index in [0.29, 0.717) is 98.6 Å². The number of hydrogen-bond acceptors (Lipinski definition) is 12. The number of ketones is 2. The molecule has 412 valence electrons. The highest BCUT2D eigenvalue weighted by Gasteiger charge is 2.44. The summed E-state index contributed by atoms with van der Waals surface area (Å²) in [6.45, 7) is 11.2. The second kappa shape index (κ2) is 24.8. The number of carbonyl (C=O) groups excluding carboxylic acids is 5. The van der Waals surface area contributed by atoms with Crippen molar-refractivity contribution in [2.45, 2.75) is 117 Å². The van der Waals surface area contributed by atoms with Gasteiger partial charge in [0.25, 0.3) is 5.91 Å². The number of amides is 3. The first-order chi connectivity index (χ1) is 37.4. The van der Waals surface area contributed by atoms with Crippen LogP contribution in [0.4, 0.5) is 26.0 Å². The third kappa shape index (κ3) is 13.9. The minimum Gasteiger partial charge on any atom is -0.391 e.